The van der Waals surface area contributed by atoms with Crippen molar-refractivity contribution in [2.24, 2.45) is 7.05 Å². The molecule has 0 aliphatic carbocycles. The summed E-state index contributed by atoms with van der Waals surface area (Å²) >= 11 is 5.95. The maximum Gasteiger partial charge on any atom is 0.323 e. The van der Waals surface area contributed by atoms with Gasteiger partial charge in [-0.1, -0.05) is 29.8 Å². The molecule has 0 saturated heterocycles. The summed E-state index contributed by atoms with van der Waals surface area (Å²) in [6.07, 6.45) is 7.11. The number of anilines is 3. The number of benzene rings is 2. The molecule has 0 aliphatic heterocycles. The summed E-state index contributed by atoms with van der Waals surface area (Å²) in [4.78, 5) is 16.8. The number of rotatable bonds is 4. The Labute approximate surface area is 193 Å². The van der Waals surface area contributed by atoms with Gasteiger partial charge in [-0.25, -0.2) is 9.78 Å². The van der Waals surface area contributed by atoms with E-state index in [4.69, 9.17) is 17.3 Å². The molecule has 0 bridgehead atoms. The molecule has 0 fully saturated rings. The Balaban J connectivity index is 1.36. The zero-order valence-electron chi connectivity index (χ0n) is 17.5. The van der Waals surface area contributed by atoms with Crippen LogP contribution in [-0.4, -0.2) is 30.4 Å². The van der Waals surface area contributed by atoms with Crippen molar-refractivity contribution in [3.8, 4) is 22.3 Å². The van der Waals surface area contributed by atoms with Gasteiger partial charge in [0, 0.05) is 52.5 Å². The number of nitrogens with zero attached hydrogens (tertiary/aromatic N) is 5. The lowest BCUT2D eigenvalue weighted by molar-refractivity contribution is 0.262. The molecule has 0 unspecified atom stereocenters. The standard InChI is InChI=1S/C23H19ClN8O/c1-31-13-15(10-27-31)20-12-28-32-21(25)19(11-26-22(20)32)14-5-7-17(8-6-14)29-23(33)30-18-4-2-3-16(24)9-18/h2-13H,25H2,1H3,(H2,29,30,33). The number of urea groups is 1. The summed E-state index contributed by atoms with van der Waals surface area (Å²) in [7, 11) is 1.86. The molecule has 0 atom stereocenters. The third kappa shape index (κ3) is 4.09. The van der Waals surface area contributed by atoms with E-state index in [9.17, 15) is 4.79 Å². The minimum absolute atomic E-state index is 0.368. The van der Waals surface area contributed by atoms with E-state index in [0.29, 0.717) is 27.9 Å². The number of carbonyl (C=O) groups excluding carboxylic acids is 1. The van der Waals surface area contributed by atoms with Crippen molar-refractivity contribution in [2.45, 2.75) is 0 Å². The fourth-order valence-electron chi connectivity index (χ4n) is 3.53. The first-order valence-corrected chi connectivity index (χ1v) is 10.4. The molecule has 3 aromatic heterocycles. The average Bonchev–Trinajstić information content (AvgIpc) is 3.41. The van der Waals surface area contributed by atoms with Gasteiger partial charge in [0.15, 0.2) is 5.65 Å². The van der Waals surface area contributed by atoms with Crippen LogP contribution in [0.3, 0.4) is 0 Å². The largest absolute Gasteiger partial charge is 0.383 e. The third-order valence-electron chi connectivity index (χ3n) is 5.12. The molecule has 0 spiro atoms. The first-order chi connectivity index (χ1) is 16.0. The maximum absolute atomic E-state index is 12.3. The Morgan fingerprint density at radius 3 is 2.45 bits per heavy atom. The van der Waals surface area contributed by atoms with Crippen LogP contribution >= 0.6 is 11.6 Å². The molecule has 9 nitrogen and oxygen atoms in total. The predicted octanol–water partition coefficient (Wildman–Crippen LogP) is 4.68. The van der Waals surface area contributed by atoms with Crippen molar-refractivity contribution in [1.82, 2.24) is 24.4 Å². The number of fused-ring (bicyclic) bond motifs is 1. The second-order valence-electron chi connectivity index (χ2n) is 7.42. The zero-order valence-corrected chi connectivity index (χ0v) is 18.3. The molecule has 4 N–H and O–H groups in total. The number of amides is 2. The van der Waals surface area contributed by atoms with Gasteiger partial charge in [0.2, 0.25) is 0 Å². The topological polar surface area (TPSA) is 115 Å². The summed E-state index contributed by atoms with van der Waals surface area (Å²) in [6, 6.07) is 13.9. The summed E-state index contributed by atoms with van der Waals surface area (Å²) < 4.78 is 3.34. The van der Waals surface area contributed by atoms with Gasteiger partial charge in [-0.15, -0.1) is 0 Å². The van der Waals surface area contributed by atoms with Crippen LogP contribution in [0.15, 0.2) is 73.3 Å². The predicted molar refractivity (Wildman–Crippen MR) is 129 cm³/mol. The van der Waals surface area contributed by atoms with Crippen LogP contribution in [0.5, 0.6) is 0 Å². The average molecular weight is 459 g/mol. The minimum atomic E-state index is -0.368. The molecule has 0 radical (unpaired) electrons. The van der Waals surface area contributed by atoms with Gasteiger partial charge in [-0.2, -0.15) is 14.7 Å². The number of nitrogens with one attached hydrogen (secondary N) is 2. The van der Waals surface area contributed by atoms with Crippen LogP contribution in [0.4, 0.5) is 22.0 Å². The van der Waals surface area contributed by atoms with Gasteiger partial charge >= 0.3 is 6.03 Å². The van der Waals surface area contributed by atoms with E-state index < -0.39 is 0 Å². The molecule has 0 saturated carbocycles. The molecule has 2 aromatic carbocycles. The Bertz CT molecular complexity index is 1470. The second kappa shape index (κ2) is 8.29. The van der Waals surface area contributed by atoms with Gasteiger partial charge in [0.1, 0.15) is 5.82 Å². The van der Waals surface area contributed by atoms with Crippen LogP contribution in [-0.2, 0) is 7.05 Å². The monoisotopic (exact) mass is 458 g/mol. The fraction of sp³-hybridized carbons (Fsp3) is 0.0435. The van der Waals surface area contributed by atoms with E-state index in [0.717, 1.165) is 22.3 Å². The van der Waals surface area contributed by atoms with Crippen molar-refractivity contribution in [3.63, 3.8) is 0 Å². The van der Waals surface area contributed by atoms with Crippen LogP contribution in [0.1, 0.15) is 0 Å². The van der Waals surface area contributed by atoms with Gasteiger partial charge in [-0.05, 0) is 35.9 Å². The number of hydrogen-bond acceptors (Lipinski definition) is 5. The Kier molecular flexibility index (Phi) is 5.15. The number of hydrogen-bond donors (Lipinski definition) is 3. The van der Waals surface area contributed by atoms with Crippen LogP contribution in [0.25, 0.3) is 27.9 Å². The Hall–Kier alpha value is -4.37. The van der Waals surface area contributed by atoms with Gasteiger partial charge in [-0.3, -0.25) is 4.68 Å². The highest BCUT2D eigenvalue weighted by Crippen LogP contribution is 2.30. The quantitative estimate of drug-likeness (QED) is 0.362. The lowest BCUT2D eigenvalue weighted by Gasteiger charge is -2.10. The molecular weight excluding hydrogens is 440 g/mol. The van der Waals surface area contributed by atoms with Crippen molar-refractivity contribution < 1.29 is 4.79 Å². The summed E-state index contributed by atoms with van der Waals surface area (Å²) in [5.41, 5.74) is 11.7. The third-order valence-corrected chi connectivity index (χ3v) is 5.35. The number of halogens is 1. The summed E-state index contributed by atoms with van der Waals surface area (Å²) in [5, 5.41) is 14.7. The molecule has 10 heteroatoms. The second-order valence-corrected chi connectivity index (χ2v) is 7.86. The lowest BCUT2D eigenvalue weighted by Crippen LogP contribution is -2.19. The van der Waals surface area contributed by atoms with E-state index in [2.05, 4.69) is 25.8 Å². The van der Waals surface area contributed by atoms with Crippen LogP contribution in [0.2, 0.25) is 5.02 Å². The summed E-state index contributed by atoms with van der Waals surface area (Å²) in [5.74, 6) is 0.467. The van der Waals surface area contributed by atoms with E-state index >= 15 is 0 Å². The molecule has 2 amide bonds. The van der Waals surface area contributed by atoms with Crippen molar-refractivity contribution in [2.75, 3.05) is 16.4 Å². The number of nitrogens with two attached hydrogens (primary N) is 1. The van der Waals surface area contributed by atoms with Gasteiger partial charge < -0.3 is 16.4 Å². The molecule has 0 aliphatic rings. The number of carbonyl (C=O) groups is 1. The van der Waals surface area contributed by atoms with Crippen LogP contribution < -0.4 is 16.4 Å². The van der Waals surface area contributed by atoms with E-state index in [1.165, 1.54) is 0 Å². The fourth-order valence-corrected chi connectivity index (χ4v) is 3.72. The highest BCUT2D eigenvalue weighted by molar-refractivity contribution is 6.30. The SMILES string of the molecule is Cn1cc(-c2cnn3c(N)c(-c4ccc(NC(=O)Nc5cccc(Cl)c5)cc4)cnc23)cn1. The van der Waals surface area contributed by atoms with Gasteiger partial charge in [0.05, 0.1) is 12.4 Å². The first-order valence-electron chi connectivity index (χ1n) is 10.0. The zero-order chi connectivity index (χ0) is 22.9. The molecule has 33 heavy (non-hydrogen) atoms. The van der Waals surface area contributed by atoms with E-state index in [-0.39, 0.29) is 6.03 Å². The highest BCUT2D eigenvalue weighted by Gasteiger charge is 2.15. The maximum atomic E-state index is 12.3. The molecule has 3 heterocycles. The van der Waals surface area contributed by atoms with E-state index in [1.54, 1.807) is 64.2 Å². The Morgan fingerprint density at radius 1 is 0.939 bits per heavy atom. The van der Waals surface area contributed by atoms with Crippen molar-refractivity contribution >= 4 is 40.5 Å². The number of aromatic nitrogens is 5. The number of aryl methyl sites for hydroxylation is 1. The summed E-state index contributed by atoms with van der Waals surface area (Å²) in [6.45, 7) is 0. The molecule has 164 valence electrons. The minimum Gasteiger partial charge on any atom is -0.383 e. The highest BCUT2D eigenvalue weighted by atomic mass is 35.5. The van der Waals surface area contributed by atoms with Crippen molar-refractivity contribution in [3.05, 3.63) is 78.3 Å². The van der Waals surface area contributed by atoms with Crippen molar-refractivity contribution in [1.29, 1.82) is 0 Å². The lowest BCUT2D eigenvalue weighted by atomic mass is 10.1. The van der Waals surface area contributed by atoms with Gasteiger partial charge in [0.25, 0.3) is 0 Å². The normalized spacial score (nSPS) is 11.0. The Morgan fingerprint density at radius 2 is 1.73 bits per heavy atom. The first kappa shape index (κ1) is 20.5. The molecule has 5 rings (SSSR count). The molecular formula is C23H19ClN8O. The smallest absolute Gasteiger partial charge is 0.323 e. The number of nitrogen functional groups attached to an aromatic ring is 1. The van der Waals surface area contributed by atoms with Crippen LogP contribution in [0, 0.1) is 0 Å². The molecule has 5 aromatic rings. The van der Waals surface area contributed by atoms with E-state index in [1.807, 2.05) is 25.4 Å².